The van der Waals surface area contributed by atoms with Crippen LogP contribution in [0.25, 0.3) is 11.1 Å². The molecular weight excluding hydrogens is 258 g/mol. The number of rotatable bonds is 3. The average Bonchev–Trinajstić information content (AvgIpc) is 2.39. The minimum Gasteiger partial charge on any atom is -0.399 e. The van der Waals surface area contributed by atoms with Crippen LogP contribution in [0.2, 0.25) is 5.02 Å². The zero-order valence-corrected chi connectivity index (χ0v) is 12.0. The van der Waals surface area contributed by atoms with Crippen molar-refractivity contribution >= 4 is 17.3 Å². The van der Waals surface area contributed by atoms with Crippen molar-refractivity contribution in [2.24, 2.45) is 5.16 Å². The third-order valence-electron chi connectivity index (χ3n) is 3.04. The number of benzene rings is 2. The van der Waals surface area contributed by atoms with Crippen LogP contribution in [0.15, 0.2) is 47.6 Å². The molecule has 0 heterocycles. The molecule has 2 aromatic rings. The van der Waals surface area contributed by atoms with E-state index in [1.807, 2.05) is 31.2 Å². The lowest BCUT2D eigenvalue weighted by molar-refractivity contribution is 0.213. The van der Waals surface area contributed by atoms with Gasteiger partial charge < -0.3 is 4.84 Å². The molecule has 0 spiro atoms. The predicted molar refractivity (Wildman–Crippen MR) is 80.8 cm³/mol. The summed E-state index contributed by atoms with van der Waals surface area (Å²) in [6.07, 6.45) is 0. The van der Waals surface area contributed by atoms with Crippen LogP contribution in [0.3, 0.4) is 0 Å². The van der Waals surface area contributed by atoms with Gasteiger partial charge in [-0.15, -0.1) is 0 Å². The first-order valence-electron chi connectivity index (χ1n) is 6.07. The molecule has 0 amide bonds. The molecule has 0 aliphatic carbocycles. The van der Waals surface area contributed by atoms with Crippen molar-refractivity contribution in [2.75, 3.05) is 7.11 Å². The van der Waals surface area contributed by atoms with Crippen molar-refractivity contribution in [1.29, 1.82) is 0 Å². The van der Waals surface area contributed by atoms with Crippen molar-refractivity contribution in [1.82, 2.24) is 0 Å². The molecule has 2 nitrogen and oxygen atoms in total. The minimum atomic E-state index is 0.680. The van der Waals surface area contributed by atoms with E-state index in [0.717, 1.165) is 16.8 Å². The Balaban J connectivity index is 2.45. The number of nitrogens with zero attached hydrogens (tertiary/aromatic N) is 1. The van der Waals surface area contributed by atoms with Gasteiger partial charge in [0.05, 0.1) is 10.7 Å². The van der Waals surface area contributed by atoms with Gasteiger partial charge >= 0.3 is 0 Å². The Bertz CT molecular complexity index is 620. The van der Waals surface area contributed by atoms with Gasteiger partial charge in [-0.2, -0.15) is 0 Å². The highest BCUT2D eigenvalue weighted by molar-refractivity contribution is 6.34. The van der Waals surface area contributed by atoms with Crippen LogP contribution in [-0.4, -0.2) is 12.8 Å². The Hall–Kier alpha value is -1.80. The summed E-state index contributed by atoms with van der Waals surface area (Å²) in [7, 11) is 1.53. The monoisotopic (exact) mass is 273 g/mol. The molecule has 0 aromatic heterocycles. The molecule has 0 saturated heterocycles. The molecule has 2 aromatic carbocycles. The predicted octanol–water partition coefficient (Wildman–Crippen LogP) is 4.69. The third-order valence-corrected chi connectivity index (χ3v) is 3.36. The van der Waals surface area contributed by atoms with Crippen molar-refractivity contribution in [3.05, 3.63) is 58.6 Å². The highest BCUT2D eigenvalue weighted by Crippen LogP contribution is 2.28. The maximum atomic E-state index is 6.33. The SMILES string of the molecule is CON=C(C)c1ccc(-c2ccccc2C)cc1Cl. The van der Waals surface area contributed by atoms with Gasteiger partial charge in [-0.05, 0) is 36.6 Å². The normalized spacial score (nSPS) is 11.5. The molecule has 0 radical (unpaired) electrons. The van der Waals surface area contributed by atoms with Crippen LogP contribution in [0.5, 0.6) is 0 Å². The van der Waals surface area contributed by atoms with Gasteiger partial charge in [0, 0.05) is 5.56 Å². The van der Waals surface area contributed by atoms with Crippen LogP contribution in [0.4, 0.5) is 0 Å². The van der Waals surface area contributed by atoms with E-state index in [4.69, 9.17) is 16.4 Å². The van der Waals surface area contributed by atoms with E-state index >= 15 is 0 Å². The van der Waals surface area contributed by atoms with Crippen LogP contribution < -0.4 is 0 Å². The van der Waals surface area contributed by atoms with Crippen molar-refractivity contribution in [2.45, 2.75) is 13.8 Å². The molecule has 3 heteroatoms. The van der Waals surface area contributed by atoms with Crippen molar-refractivity contribution in [3.8, 4) is 11.1 Å². The fourth-order valence-corrected chi connectivity index (χ4v) is 2.38. The first kappa shape index (κ1) is 13.6. The van der Waals surface area contributed by atoms with Gasteiger partial charge in [0.2, 0.25) is 0 Å². The van der Waals surface area contributed by atoms with Crippen LogP contribution >= 0.6 is 11.6 Å². The molecule has 2 rings (SSSR count). The number of aryl methyl sites for hydroxylation is 1. The molecule has 0 saturated carbocycles. The molecule has 0 bridgehead atoms. The van der Waals surface area contributed by atoms with Gasteiger partial charge in [0.15, 0.2) is 0 Å². The van der Waals surface area contributed by atoms with E-state index in [1.165, 1.54) is 18.2 Å². The standard InChI is InChI=1S/C16H16ClNO/c1-11-6-4-5-7-14(11)13-8-9-15(16(17)10-13)12(2)18-19-3/h4-10H,1-3H3. The zero-order valence-electron chi connectivity index (χ0n) is 11.3. The molecule has 0 fully saturated rings. The molecule has 0 N–H and O–H groups in total. The summed E-state index contributed by atoms with van der Waals surface area (Å²) in [5.74, 6) is 0. The Morgan fingerprint density at radius 2 is 1.89 bits per heavy atom. The van der Waals surface area contributed by atoms with E-state index in [9.17, 15) is 0 Å². The van der Waals surface area contributed by atoms with Gasteiger partial charge in [0.25, 0.3) is 0 Å². The largest absolute Gasteiger partial charge is 0.399 e. The Labute approximate surface area is 118 Å². The van der Waals surface area contributed by atoms with E-state index in [1.54, 1.807) is 0 Å². The molecule has 98 valence electrons. The smallest absolute Gasteiger partial charge is 0.106 e. The van der Waals surface area contributed by atoms with Crippen LogP contribution in [0.1, 0.15) is 18.1 Å². The third kappa shape index (κ3) is 2.96. The first-order chi connectivity index (χ1) is 9.13. The van der Waals surface area contributed by atoms with Crippen molar-refractivity contribution in [3.63, 3.8) is 0 Å². The second-order valence-electron chi connectivity index (χ2n) is 4.37. The molecule has 0 unspecified atom stereocenters. The second-order valence-corrected chi connectivity index (χ2v) is 4.78. The quantitative estimate of drug-likeness (QED) is 0.587. The van der Waals surface area contributed by atoms with E-state index in [-0.39, 0.29) is 0 Å². The number of halogens is 1. The Morgan fingerprint density at radius 3 is 2.53 bits per heavy atom. The lowest BCUT2D eigenvalue weighted by Gasteiger charge is -2.09. The summed E-state index contributed by atoms with van der Waals surface area (Å²) in [5, 5.41) is 4.59. The summed E-state index contributed by atoms with van der Waals surface area (Å²) in [6.45, 7) is 3.97. The number of oxime groups is 1. The van der Waals surface area contributed by atoms with E-state index in [0.29, 0.717) is 5.02 Å². The number of hydrogen-bond acceptors (Lipinski definition) is 2. The Kier molecular flexibility index (Phi) is 4.23. The summed E-state index contributed by atoms with van der Waals surface area (Å²) < 4.78 is 0. The topological polar surface area (TPSA) is 21.6 Å². The summed E-state index contributed by atoms with van der Waals surface area (Å²) in [4.78, 5) is 4.78. The van der Waals surface area contributed by atoms with Crippen LogP contribution in [-0.2, 0) is 4.84 Å². The lowest BCUT2D eigenvalue weighted by atomic mass is 9.99. The minimum absolute atomic E-state index is 0.680. The van der Waals surface area contributed by atoms with Crippen LogP contribution in [0, 0.1) is 6.92 Å². The maximum absolute atomic E-state index is 6.33. The zero-order chi connectivity index (χ0) is 13.8. The average molecular weight is 274 g/mol. The van der Waals surface area contributed by atoms with Crippen molar-refractivity contribution < 1.29 is 4.84 Å². The van der Waals surface area contributed by atoms with E-state index < -0.39 is 0 Å². The molecular formula is C16H16ClNO. The summed E-state index contributed by atoms with van der Waals surface area (Å²) in [5.41, 5.74) is 5.19. The summed E-state index contributed by atoms with van der Waals surface area (Å²) >= 11 is 6.33. The second kappa shape index (κ2) is 5.89. The number of hydrogen-bond donors (Lipinski definition) is 0. The van der Waals surface area contributed by atoms with Gasteiger partial charge in [-0.25, -0.2) is 0 Å². The van der Waals surface area contributed by atoms with Gasteiger partial charge in [-0.3, -0.25) is 0 Å². The highest BCUT2D eigenvalue weighted by Gasteiger charge is 2.08. The fourth-order valence-electron chi connectivity index (χ4n) is 2.06. The lowest BCUT2D eigenvalue weighted by Crippen LogP contribution is -1.97. The Morgan fingerprint density at radius 1 is 1.16 bits per heavy atom. The fraction of sp³-hybridized carbons (Fsp3) is 0.188. The highest BCUT2D eigenvalue weighted by atomic mass is 35.5. The van der Waals surface area contributed by atoms with E-state index in [2.05, 4.69) is 30.3 Å². The molecule has 0 aliphatic heterocycles. The first-order valence-corrected chi connectivity index (χ1v) is 6.45. The summed E-state index contributed by atoms with van der Waals surface area (Å²) in [6, 6.07) is 14.2. The maximum Gasteiger partial charge on any atom is 0.106 e. The molecule has 0 aliphatic rings. The van der Waals surface area contributed by atoms with Gasteiger partial charge in [-0.1, -0.05) is 53.2 Å². The molecule has 19 heavy (non-hydrogen) atoms. The van der Waals surface area contributed by atoms with Gasteiger partial charge in [0.1, 0.15) is 7.11 Å². The molecule has 0 atom stereocenters.